The number of benzene rings is 1. The van der Waals surface area contributed by atoms with Crippen molar-refractivity contribution in [2.24, 2.45) is 0 Å². The molecule has 0 saturated carbocycles. The van der Waals surface area contributed by atoms with E-state index in [0.29, 0.717) is 29.3 Å². The molecule has 0 aliphatic carbocycles. The molecule has 0 atom stereocenters. The number of nitrogens with zero attached hydrogens (tertiary/aromatic N) is 2. The molecule has 5 heteroatoms. The molecular weight excluding hydrogens is 364 g/mol. The largest absolute Gasteiger partial charge is 0.508 e. The molecule has 0 aliphatic heterocycles. The maximum absolute atomic E-state index is 11.0. The topological polar surface area (TPSA) is 79.4 Å². The molecule has 0 fully saturated rings. The predicted octanol–water partition coefficient (Wildman–Crippen LogP) is 6.42. The van der Waals surface area contributed by atoms with Crippen molar-refractivity contribution < 1.29 is 14.7 Å². The summed E-state index contributed by atoms with van der Waals surface area (Å²) in [6.07, 6.45) is 10.6. The zero-order chi connectivity index (χ0) is 21.4. The number of phenolic OH excluding ortho intramolecular Hbond substituents is 2. The first-order valence-corrected chi connectivity index (χ1v) is 10.5. The Morgan fingerprint density at radius 3 is 2.52 bits per heavy atom. The quantitative estimate of drug-likeness (QED) is 0.356. The van der Waals surface area contributed by atoms with E-state index in [1.54, 1.807) is 13.0 Å². The van der Waals surface area contributed by atoms with Crippen LogP contribution in [0.25, 0.3) is 11.5 Å². The van der Waals surface area contributed by atoms with Gasteiger partial charge in [-0.3, -0.25) is 0 Å². The second-order valence-electron chi connectivity index (χ2n) is 7.94. The van der Waals surface area contributed by atoms with Crippen molar-refractivity contribution in [2.45, 2.75) is 79.6 Å². The van der Waals surface area contributed by atoms with Crippen LogP contribution in [0.2, 0.25) is 0 Å². The van der Waals surface area contributed by atoms with Gasteiger partial charge in [0, 0.05) is 5.56 Å². The SMILES string of the molecule is CCCCCc1cc(O)c(CC=C(C)CCC=C(C)C)c(O)c1-c1nc(C)no1. The summed E-state index contributed by atoms with van der Waals surface area (Å²) in [6, 6.07) is 1.74. The first-order valence-electron chi connectivity index (χ1n) is 10.5. The molecule has 1 aromatic carbocycles. The molecule has 29 heavy (non-hydrogen) atoms. The molecule has 0 saturated heterocycles. The van der Waals surface area contributed by atoms with Gasteiger partial charge in [-0.15, -0.1) is 0 Å². The summed E-state index contributed by atoms with van der Waals surface area (Å²) < 4.78 is 5.35. The monoisotopic (exact) mass is 398 g/mol. The van der Waals surface area contributed by atoms with Crippen molar-refractivity contribution in [3.8, 4) is 23.0 Å². The Labute approximate surface area is 174 Å². The van der Waals surface area contributed by atoms with Crippen molar-refractivity contribution in [2.75, 3.05) is 0 Å². The Bertz CT molecular complexity index is 874. The summed E-state index contributed by atoms with van der Waals surface area (Å²) in [5.74, 6) is 0.969. The van der Waals surface area contributed by atoms with E-state index in [1.807, 2.05) is 0 Å². The van der Waals surface area contributed by atoms with Gasteiger partial charge in [0.15, 0.2) is 5.82 Å². The highest BCUT2D eigenvalue weighted by molar-refractivity contribution is 5.72. The highest BCUT2D eigenvalue weighted by Gasteiger charge is 2.22. The fourth-order valence-corrected chi connectivity index (χ4v) is 3.32. The van der Waals surface area contributed by atoms with E-state index in [4.69, 9.17) is 4.52 Å². The molecule has 5 nitrogen and oxygen atoms in total. The number of rotatable bonds is 10. The van der Waals surface area contributed by atoms with Crippen molar-refractivity contribution in [3.05, 3.63) is 46.3 Å². The molecular formula is C24H34N2O3. The number of allylic oxidation sites excluding steroid dienone is 4. The number of aromatic nitrogens is 2. The second kappa shape index (κ2) is 10.8. The molecule has 2 N–H and O–H groups in total. The fraction of sp³-hybridized carbons (Fsp3) is 0.500. The van der Waals surface area contributed by atoms with Gasteiger partial charge in [-0.2, -0.15) is 4.98 Å². The van der Waals surface area contributed by atoms with Crippen LogP contribution >= 0.6 is 0 Å². The standard InChI is InChI=1S/C24H34N2O3/c1-6-7-8-12-19-15-21(27)20(14-13-17(4)11-9-10-16(2)3)23(28)22(19)24-25-18(5)26-29-24/h10,13,15,27-28H,6-9,11-12,14H2,1-5H3. The van der Waals surface area contributed by atoms with Crippen LogP contribution in [0.5, 0.6) is 11.5 Å². The normalized spacial score (nSPS) is 11.7. The average molecular weight is 399 g/mol. The molecule has 0 bridgehead atoms. The minimum atomic E-state index is 0.0356. The third-order valence-corrected chi connectivity index (χ3v) is 5.00. The van der Waals surface area contributed by atoms with Gasteiger partial charge in [0.2, 0.25) is 0 Å². The van der Waals surface area contributed by atoms with Gasteiger partial charge < -0.3 is 14.7 Å². The predicted molar refractivity (Wildman–Crippen MR) is 117 cm³/mol. The van der Waals surface area contributed by atoms with Crippen LogP contribution in [-0.2, 0) is 12.8 Å². The molecule has 2 aromatic rings. The Morgan fingerprint density at radius 2 is 1.90 bits per heavy atom. The van der Waals surface area contributed by atoms with Crippen LogP contribution in [-0.4, -0.2) is 20.4 Å². The van der Waals surface area contributed by atoms with E-state index in [-0.39, 0.29) is 11.5 Å². The van der Waals surface area contributed by atoms with E-state index in [9.17, 15) is 10.2 Å². The lowest BCUT2D eigenvalue weighted by atomic mass is 9.94. The van der Waals surface area contributed by atoms with Gasteiger partial charge in [-0.25, -0.2) is 0 Å². The summed E-state index contributed by atoms with van der Waals surface area (Å²) in [5, 5.41) is 25.5. The van der Waals surface area contributed by atoms with Crippen LogP contribution in [0, 0.1) is 6.92 Å². The molecule has 0 spiro atoms. The number of hydrogen-bond acceptors (Lipinski definition) is 5. The van der Waals surface area contributed by atoms with Crippen molar-refractivity contribution >= 4 is 0 Å². The Hall–Kier alpha value is -2.56. The van der Waals surface area contributed by atoms with Gasteiger partial charge >= 0.3 is 0 Å². The first-order chi connectivity index (χ1) is 13.8. The molecule has 158 valence electrons. The van der Waals surface area contributed by atoms with Gasteiger partial charge in [0.1, 0.15) is 11.5 Å². The lowest BCUT2D eigenvalue weighted by Gasteiger charge is -2.14. The Kier molecular flexibility index (Phi) is 8.50. The summed E-state index contributed by atoms with van der Waals surface area (Å²) >= 11 is 0. The number of aromatic hydroxyl groups is 2. The van der Waals surface area contributed by atoms with E-state index in [0.717, 1.165) is 44.1 Å². The molecule has 2 rings (SSSR count). The summed E-state index contributed by atoms with van der Waals surface area (Å²) in [6.45, 7) is 10.2. The molecule has 0 amide bonds. The number of unbranched alkanes of at least 4 members (excludes halogenated alkanes) is 2. The third-order valence-electron chi connectivity index (χ3n) is 5.00. The summed E-state index contributed by atoms with van der Waals surface area (Å²) in [4.78, 5) is 4.31. The zero-order valence-corrected chi connectivity index (χ0v) is 18.4. The highest BCUT2D eigenvalue weighted by atomic mass is 16.5. The van der Waals surface area contributed by atoms with Crippen LogP contribution in [0.3, 0.4) is 0 Å². The Morgan fingerprint density at radius 1 is 1.14 bits per heavy atom. The molecule has 0 radical (unpaired) electrons. The summed E-state index contributed by atoms with van der Waals surface area (Å²) in [5.41, 5.74) is 4.42. The minimum absolute atomic E-state index is 0.0356. The van der Waals surface area contributed by atoms with Crippen LogP contribution in [0.1, 0.15) is 76.8 Å². The van der Waals surface area contributed by atoms with Crippen LogP contribution in [0.4, 0.5) is 0 Å². The smallest absolute Gasteiger partial charge is 0.261 e. The van der Waals surface area contributed by atoms with Crippen molar-refractivity contribution in [1.82, 2.24) is 10.1 Å². The highest BCUT2D eigenvalue weighted by Crippen LogP contribution is 2.41. The molecule has 0 aliphatic rings. The van der Waals surface area contributed by atoms with Gasteiger partial charge in [0.05, 0.1) is 5.56 Å². The zero-order valence-electron chi connectivity index (χ0n) is 18.4. The lowest BCUT2D eigenvalue weighted by Crippen LogP contribution is -1.97. The van der Waals surface area contributed by atoms with Gasteiger partial charge in [0.25, 0.3) is 5.89 Å². The fourth-order valence-electron chi connectivity index (χ4n) is 3.32. The van der Waals surface area contributed by atoms with Crippen molar-refractivity contribution in [1.29, 1.82) is 0 Å². The van der Waals surface area contributed by atoms with Crippen LogP contribution < -0.4 is 0 Å². The van der Waals surface area contributed by atoms with E-state index >= 15 is 0 Å². The number of aryl methyl sites for hydroxylation is 2. The second-order valence-corrected chi connectivity index (χ2v) is 7.94. The number of phenols is 2. The maximum Gasteiger partial charge on any atom is 0.261 e. The third kappa shape index (κ3) is 6.48. The van der Waals surface area contributed by atoms with E-state index in [1.165, 1.54) is 11.1 Å². The summed E-state index contributed by atoms with van der Waals surface area (Å²) in [7, 11) is 0. The van der Waals surface area contributed by atoms with Gasteiger partial charge in [-0.05, 0) is 71.4 Å². The molecule has 1 aromatic heterocycles. The van der Waals surface area contributed by atoms with E-state index < -0.39 is 0 Å². The minimum Gasteiger partial charge on any atom is -0.508 e. The van der Waals surface area contributed by atoms with Gasteiger partial charge in [-0.1, -0.05) is 48.2 Å². The van der Waals surface area contributed by atoms with Crippen LogP contribution in [0.15, 0.2) is 33.9 Å². The van der Waals surface area contributed by atoms with E-state index in [2.05, 4.69) is 50.0 Å². The first kappa shape index (κ1) is 22.7. The Balaban J connectivity index is 2.34. The maximum atomic E-state index is 11.0. The van der Waals surface area contributed by atoms with Crippen molar-refractivity contribution in [3.63, 3.8) is 0 Å². The molecule has 0 unspecified atom stereocenters. The number of hydrogen-bond donors (Lipinski definition) is 2. The molecule has 1 heterocycles. The average Bonchev–Trinajstić information content (AvgIpc) is 3.07. The lowest BCUT2D eigenvalue weighted by molar-refractivity contribution is 0.415.